The Kier molecular flexibility index (Phi) is 8.40. The van der Waals surface area contributed by atoms with Crippen molar-refractivity contribution in [2.24, 2.45) is 0 Å². The molecule has 0 aliphatic rings. The van der Waals surface area contributed by atoms with Gasteiger partial charge in [-0.15, -0.1) is 11.3 Å². The maximum Gasteiger partial charge on any atom is 0.311 e. The van der Waals surface area contributed by atoms with Crippen molar-refractivity contribution in [2.45, 2.75) is 39.0 Å². The lowest BCUT2D eigenvalue weighted by molar-refractivity contribution is -0.136. The van der Waals surface area contributed by atoms with Gasteiger partial charge in [0, 0.05) is 22.9 Å². The second-order valence-electron chi connectivity index (χ2n) is 6.98. The lowest BCUT2D eigenvalue weighted by atomic mass is 10.1. The van der Waals surface area contributed by atoms with Gasteiger partial charge >= 0.3 is 5.97 Å². The number of hydrogen-bond acceptors (Lipinski definition) is 5. The summed E-state index contributed by atoms with van der Waals surface area (Å²) in [7, 11) is 0. The first kappa shape index (κ1) is 22.7. The van der Waals surface area contributed by atoms with Crippen molar-refractivity contribution in [1.29, 1.82) is 5.26 Å². The van der Waals surface area contributed by atoms with Gasteiger partial charge < -0.3 is 4.74 Å². The van der Waals surface area contributed by atoms with E-state index < -0.39 is 0 Å². The third-order valence-corrected chi connectivity index (χ3v) is 5.88. The van der Waals surface area contributed by atoms with Crippen LogP contribution in [0.3, 0.4) is 0 Å². The van der Waals surface area contributed by atoms with E-state index in [0.717, 1.165) is 36.9 Å². The highest BCUT2D eigenvalue weighted by atomic mass is 35.5. The summed E-state index contributed by atoms with van der Waals surface area (Å²) in [4.78, 5) is 17.2. The summed E-state index contributed by atoms with van der Waals surface area (Å²) in [6, 6.07) is 18.9. The number of allylic oxidation sites excluding steroid dienone is 1. The molecule has 158 valence electrons. The third kappa shape index (κ3) is 6.04. The number of hydrogen-bond donors (Lipinski definition) is 0. The molecule has 1 heterocycles. The highest BCUT2D eigenvalue weighted by Crippen LogP contribution is 2.34. The molecule has 0 saturated heterocycles. The number of halogens is 1. The molecule has 0 atom stereocenters. The van der Waals surface area contributed by atoms with Gasteiger partial charge in [0.1, 0.15) is 16.6 Å². The van der Waals surface area contributed by atoms with E-state index in [1.165, 1.54) is 11.3 Å². The van der Waals surface area contributed by atoms with E-state index in [4.69, 9.17) is 16.3 Å². The molecule has 0 fully saturated rings. The van der Waals surface area contributed by atoms with E-state index in [-0.39, 0.29) is 17.3 Å². The Hall–Kier alpha value is -2.94. The van der Waals surface area contributed by atoms with Gasteiger partial charge in [-0.1, -0.05) is 80.3 Å². The highest BCUT2D eigenvalue weighted by Gasteiger charge is 2.21. The monoisotopic (exact) mass is 450 g/mol. The molecule has 0 aliphatic carbocycles. The molecule has 0 aliphatic heterocycles. The van der Waals surface area contributed by atoms with E-state index >= 15 is 0 Å². The Morgan fingerprint density at radius 2 is 1.84 bits per heavy atom. The summed E-state index contributed by atoms with van der Waals surface area (Å²) in [5.74, 6) is -0.221. The number of benzene rings is 2. The average Bonchev–Trinajstić information content (AvgIpc) is 3.27. The third-order valence-electron chi connectivity index (χ3n) is 4.70. The molecule has 0 N–H and O–H groups in total. The number of ether oxygens (including phenoxy) is 1. The molecule has 0 unspecified atom stereocenters. The van der Waals surface area contributed by atoms with Crippen LogP contribution < -0.4 is 0 Å². The predicted octanol–water partition coefficient (Wildman–Crippen LogP) is 7.37. The molecule has 0 spiro atoms. The molecular weight excluding hydrogens is 428 g/mol. The number of aromatic nitrogens is 1. The molecule has 6 heteroatoms. The van der Waals surface area contributed by atoms with Crippen molar-refractivity contribution >= 4 is 40.2 Å². The number of nitriles is 1. The van der Waals surface area contributed by atoms with Crippen LogP contribution in [-0.2, 0) is 9.53 Å². The number of nitrogens with zero attached hydrogens (tertiary/aromatic N) is 2. The van der Waals surface area contributed by atoms with Crippen molar-refractivity contribution in [2.75, 3.05) is 0 Å². The Balaban J connectivity index is 1.98. The molecule has 0 radical (unpaired) electrons. The first-order chi connectivity index (χ1) is 15.1. The van der Waals surface area contributed by atoms with E-state index in [9.17, 15) is 10.1 Å². The first-order valence-electron chi connectivity index (χ1n) is 10.2. The van der Waals surface area contributed by atoms with Crippen LogP contribution >= 0.6 is 22.9 Å². The predicted molar refractivity (Wildman–Crippen MR) is 126 cm³/mol. The number of unbranched alkanes of at least 4 members (excludes halogenated alkanes) is 3. The lowest BCUT2D eigenvalue weighted by Gasteiger charge is -2.12. The normalized spacial score (nSPS) is 11.5. The van der Waals surface area contributed by atoms with Crippen LogP contribution in [0.25, 0.3) is 22.6 Å². The molecule has 0 bridgehead atoms. The zero-order valence-corrected chi connectivity index (χ0v) is 18.9. The maximum absolute atomic E-state index is 12.6. The van der Waals surface area contributed by atoms with Crippen molar-refractivity contribution in [3.8, 4) is 17.3 Å². The summed E-state index contributed by atoms with van der Waals surface area (Å²) in [6.45, 7) is 2.12. The summed E-state index contributed by atoms with van der Waals surface area (Å²) in [5, 5.41) is 12.7. The van der Waals surface area contributed by atoms with Crippen LogP contribution in [0.15, 0.2) is 60.0 Å². The number of carbonyl (C=O) groups is 1. The Morgan fingerprint density at radius 3 is 2.55 bits per heavy atom. The van der Waals surface area contributed by atoms with Gasteiger partial charge in [-0.05, 0) is 18.6 Å². The van der Waals surface area contributed by atoms with Gasteiger partial charge in [-0.25, -0.2) is 4.98 Å². The second kappa shape index (κ2) is 11.5. The number of esters is 1. The summed E-state index contributed by atoms with van der Waals surface area (Å²) >= 11 is 7.72. The summed E-state index contributed by atoms with van der Waals surface area (Å²) in [5.41, 5.74) is 2.41. The SMILES string of the molecule is CCCCCCC(=O)OC(=C(C#N)c1nc(-c2ccccc2)cs1)c1ccccc1Cl. The zero-order chi connectivity index (χ0) is 22.1. The quantitative estimate of drug-likeness (QED) is 0.148. The van der Waals surface area contributed by atoms with Gasteiger partial charge in [-0.2, -0.15) is 5.26 Å². The molecule has 2 aromatic carbocycles. The van der Waals surface area contributed by atoms with Crippen molar-refractivity contribution < 1.29 is 9.53 Å². The Bertz CT molecular complexity index is 1100. The highest BCUT2D eigenvalue weighted by molar-refractivity contribution is 7.11. The maximum atomic E-state index is 12.6. The fourth-order valence-corrected chi connectivity index (χ4v) is 4.11. The number of carbonyl (C=O) groups excluding carboxylic acids is 1. The molecular formula is C25H23ClN2O2S. The van der Waals surface area contributed by atoms with Gasteiger partial charge in [0.05, 0.1) is 10.7 Å². The standard InChI is InChI=1S/C25H23ClN2O2S/c1-2-3-4-8-15-23(29)30-24(19-13-9-10-14-21(19)26)20(16-27)25-28-22(17-31-25)18-11-6-5-7-12-18/h5-7,9-14,17H,2-4,8,15H2,1H3. The van der Waals surface area contributed by atoms with Gasteiger partial charge in [-0.3, -0.25) is 4.79 Å². The van der Waals surface area contributed by atoms with E-state index in [0.29, 0.717) is 22.0 Å². The van der Waals surface area contributed by atoms with E-state index in [2.05, 4.69) is 18.0 Å². The van der Waals surface area contributed by atoms with Crippen molar-refractivity contribution in [1.82, 2.24) is 4.98 Å². The smallest absolute Gasteiger partial charge is 0.311 e. The van der Waals surface area contributed by atoms with Crippen LogP contribution in [-0.4, -0.2) is 11.0 Å². The number of rotatable bonds is 9. The topological polar surface area (TPSA) is 63.0 Å². The first-order valence-corrected chi connectivity index (χ1v) is 11.5. The van der Waals surface area contributed by atoms with Gasteiger partial charge in [0.25, 0.3) is 0 Å². The molecule has 1 aromatic heterocycles. The van der Waals surface area contributed by atoms with Crippen LogP contribution in [0.1, 0.15) is 49.6 Å². The molecule has 3 rings (SSSR count). The fraction of sp³-hybridized carbons (Fsp3) is 0.240. The van der Waals surface area contributed by atoms with Crippen molar-refractivity contribution in [3.63, 3.8) is 0 Å². The lowest BCUT2D eigenvalue weighted by Crippen LogP contribution is -2.06. The minimum atomic E-state index is -0.376. The average molecular weight is 451 g/mol. The fourth-order valence-electron chi connectivity index (χ4n) is 3.07. The molecule has 4 nitrogen and oxygen atoms in total. The van der Waals surface area contributed by atoms with Crippen LogP contribution in [0, 0.1) is 11.3 Å². The van der Waals surface area contributed by atoms with E-state index in [1.807, 2.05) is 35.7 Å². The molecule has 31 heavy (non-hydrogen) atoms. The molecule has 3 aromatic rings. The summed E-state index contributed by atoms with van der Waals surface area (Å²) in [6.07, 6.45) is 4.17. The zero-order valence-electron chi connectivity index (χ0n) is 17.3. The van der Waals surface area contributed by atoms with Gasteiger partial charge in [0.2, 0.25) is 0 Å². The van der Waals surface area contributed by atoms with Crippen LogP contribution in [0.5, 0.6) is 0 Å². The molecule has 0 saturated carbocycles. The minimum absolute atomic E-state index is 0.155. The largest absolute Gasteiger partial charge is 0.424 e. The Morgan fingerprint density at radius 1 is 1.10 bits per heavy atom. The molecule has 0 amide bonds. The van der Waals surface area contributed by atoms with Gasteiger partial charge in [0.15, 0.2) is 5.76 Å². The minimum Gasteiger partial charge on any atom is -0.424 e. The van der Waals surface area contributed by atoms with Crippen LogP contribution in [0.2, 0.25) is 5.02 Å². The Labute approximate surface area is 191 Å². The summed E-state index contributed by atoms with van der Waals surface area (Å²) < 4.78 is 5.72. The van der Waals surface area contributed by atoms with Crippen LogP contribution in [0.4, 0.5) is 0 Å². The van der Waals surface area contributed by atoms with E-state index in [1.54, 1.807) is 24.3 Å². The van der Waals surface area contributed by atoms with Crippen molar-refractivity contribution in [3.05, 3.63) is 75.6 Å². The number of thiazole rings is 1. The second-order valence-corrected chi connectivity index (χ2v) is 8.25.